The molecule has 2 amide bonds. The zero-order chi connectivity index (χ0) is 13.1. The van der Waals surface area contributed by atoms with Gasteiger partial charge in [0.15, 0.2) is 0 Å². The third kappa shape index (κ3) is 2.68. The van der Waals surface area contributed by atoms with Crippen LogP contribution in [0.4, 0.5) is 0 Å². The number of primary amides is 1. The van der Waals surface area contributed by atoms with E-state index in [0.29, 0.717) is 13.1 Å². The molecule has 96 valence electrons. The van der Waals surface area contributed by atoms with E-state index in [2.05, 4.69) is 6.07 Å². The fourth-order valence-corrected chi connectivity index (χ4v) is 2.22. The minimum Gasteiger partial charge on any atom is -0.370 e. The molecule has 0 aromatic heterocycles. The molecule has 1 heterocycles. The number of hydrogen-bond donors (Lipinski definition) is 2. The zero-order valence-corrected chi connectivity index (χ0v) is 10.1. The number of carbonyl (C=O) groups excluding carboxylic acids is 2. The van der Waals surface area contributed by atoms with Crippen molar-refractivity contribution >= 4 is 11.8 Å². The summed E-state index contributed by atoms with van der Waals surface area (Å²) in [7, 11) is 0. The Bertz CT molecular complexity index is 473. The number of benzene rings is 1. The summed E-state index contributed by atoms with van der Waals surface area (Å²) in [5.41, 5.74) is 13.1. The van der Waals surface area contributed by atoms with Gasteiger partial charge < -0.3 is 16.4 Å². The molecule has 1 atom stereocenters. The second-order valence-corrected chi connectivity index (χ2v) is 4.56. The Labute approximate surface area is 106 Å². The molecule has 0 spiro atoms. The molecule has 2 rings (SSSR count). The van der Waals surface area contributed by atoms with Crippen LogP contribution in [0.15, 0.2) is 24.3 Å². The number of rotatable bonds is 3. The van der Waals surface area contributed by atoms with Gasteiger partial charge in [-0.1, -0.05) is 24.3 Å². The van der Waals surface area contributed by atoms with Crippen LogP contribution in [0, 0.1) is 0 Å². The van der Waals surface area contributed by atoms with Crippen molar-refractivity contribution in [2.24, 2.45) is 11.5 Å². The summed E-state index contributed by atoms with van der Waals surface area (Å²) in [6, 6.07) is 7.20. The van der Waals surface area contributed by atoms with Gasteiger partial charge in [0, 0.05) is 13.1 Å². The number of nitrogens with zero attached hydrogens (tertiary/aromatic N) is 1. The van der Waals surface area contributed by atoms with E-state index in [1.54, 1.807) is 4.90 Å². The lowest BCUT2D eigenvalue weighted by Crippen LogP contribution is -2.47. The fraction of sp³-hybridized carbons (Fsp3) is 0.385. The minimum absolute atomic E-state index is 0.100. The van der Waals surface area contributed by atoms with Crippen LogP contribution in [0.3, 0.4) is 0 Å². The number of hydrogen-bond acceptors (Lipinski definition) is 3. The molecule has 18 heavy (non-hydrogen) atoms. The van der Waals surface area contributed by atoms with E-state index in [0.717, 1.165) is 12.0 Å². The van der Waals surface area contributed by atoms with Gasteiger partial charge in [-0.05, 0) is 17.5 Å². The summed E-state index contributed by atoms with van der Waals surface area (Å²) < 4.78 is 0. The lowest BCUT2D eigenvalue weighted by atomic mass is 9.99. The summed E-state index contributed by atoms with van der Waals surface area (Å²) in [6.45, 7) is 1.20. The Morgan fingerprint density at radius 1 is 1.28 bits per heavy atom. The standard InChI is InChI=1S/C13H17N3O2/c14-11(7-12(15)17)13(18)16-6-5-9-3-1-2-4-10(9)8-16/h1-4,11H,5-8,14H2,(H2,15,17). The smallest absolute Gasteiger partial charge is 0.240 e. The van der Waals surface area contributed by atoms with Gasteiger partial charge in [-0.3, -0.25) is 9.59 Å². The molecule has 0 saturated heterocycles. The Morgan fingerprint density at radius 2 is 1.94 bits per heavy atom. The maximum atomic E-state index is 12.0. The molecule has 5 nitrogen and oxygen atoms in total. The zero-order valence-electron chi connectivity index (χ0n) is 10.1. The van der Waals surface area contributed by atoms with Crippen LogP contribution in [0.2, 0.25) is 0 Å². The summed E-state index contributed by atoms with van der Waals surface area (Å²) in [5.74, 6) is -0.753. The normalized spacial score (nSPS) is 15.9. The van der Waals surface area contributed by atoms with Crippen molar-refractivity contribution in [1.82, 2.24) is 4.90 Å². The van der Waals surface area contributed by atoms with Crippen molar-refractivity contribution in [2.45, 2.75) is 25.4 Å². The van der Waals surface area contributed by atoms with Gasteiger partial charge in [0.25, 0.3) is 0 Å². The highest BCUT2D eigenvalue weighted by molar-refractivity contribution is 5.87. The van der Waals surface area contributed by atoms with E-state index in [1.165, 1.54) is 5.56 Å². The average molecular weight is 247 g/mol. The Morgan fingerprint density at radius 3 is 2.61 bits per heavy atom. The highest BCUT2D eigenvalue weighted by Crippen LogP contribution is 2.19. The second kappa shape index (κ2) is 5.18. The third-order valence-electron chi connectivity index (χ3n) is 3.18. The van der Waals surface area contributed by atoms with Gasteiger partial charge in [0.05, 0.1) is 12.5 Å². The summed E-state index contributed by atoms with van der Waals surface area (Å²) >= 11 is 0. The molecule has 4 N–H and O–H groups in total. The Balaban J connectivity index is 2.04. The van der Waals surface area contributed by atoms with Gasteiger partial charge in [-0.2, -0.15) is 0 Å². The second-order valence-electron chi connectivity index (χ2n) is 4.56. The molecule has 5 heteroatoms. The van der Waals surface area contributed by atoms with Crippen molar-refractivity contribution in [3.63, 3.8) is 0 Å². The van der Waals surface area contributed by atoms with Crippen LogP contribution in [-0.2, 0) is 22.6 Å². The topological polar surface area (TPSA) is 89.4 Å². The number of fused-ring (bicyclic) bond motifs is 1. The van der Waals surface area contributed by atoms with Crippen LogP contribution in [-0.4, -0.2) is 29.3 Å². The van der Waals surface area contributed by atoms with Crippen LogP contribution < -0.4 is 11.5 Å². The number of nitrogens with two attached hydrogens (primary N) is 2. The molecule has 1 aromatic rings. The van der Waals surface area contributed by atoms with E-state index in [9.17, 15) is 9.59 Å². The van der Waals surface area contributed by atoms with Crippen molar-refractivity contribution < 1.29 is 9.59 Å². The molecule has 0 bridgehead atoms. The SMILES string of the molecule is NC(=O)CC(N)C(=O)N1CCc2ccccc2C1. The molecule has 1 aliphatic heterocycles. The quantitative estimate of drug-likeness (QED) is 0.773. The molecule has 0 radical (unpaired) electrons. The first-order valence-electron chi connectivity index (χ1n) is 5.97. The van der Waals surface area contributed by atoms with Crippen LogP contribution in [0.5, 0.6) is 0 Å². The highest BCUT2D eigenvalue weighted by Gasteiger charge is 2.25. The molecule has 0 aliphatic carbocycles. The van der Waals surface area contributed by atoms with Gasteiger partial charge in [0.2, 0.25) is 11.8 Å². The Hall–Kier alpha value is -1.88. The monoisotopic (exact) mass is 247 g/mol. The van der Waals surface area contributed by atoms with E-state index < -0.39 is 11.9 Å². The third-order valence-corrected chi connectivity index (χ3v) is 3.18. The lowest BCUT2D eigenvalue weighted by molar-refractivity contribution is -0.135. The summed E-state index contributed by atoms with van der Waals surface area (Å²) in [6.07, 6.45) is 0.724. The molecular formula is C13H17N3O2. The number of carbonyl (C=O) groups is 2. The fourth-order valence-electron chi connectivity index (χ4n) is 2.22. The lowest BCUT2D eigenvalue weighted by Gasteiger charge is -2.30. The van der Waals surface area contributed by atoms with Crippen molar-refractivity contribution in [1.29, 1.82) is 0 Å². The average Bonchev–Trinajstić information content (AvgIpc) is 2.36. The molecular weight excluding hydrogens is 230 g/mol. The van der Waals surface area contributed by atoms with E-state index in [1.807, 2.05) is 18.2 Å². The molecule has 1 aromatic carbocycles. The predicted molar refractivity (Wildman–Crippen MR) is 67.3 cm³/mol. The first-order chi connectivity index (χ1) is 8.58. The van der Waals surface area contributed by atoms with Crippen molar-refractivity contribution in [3.8, 4) is 0 Å². The van der Waals surface area contributed by atoms with Gasteiger partial charge >= 0.3 is 0 Å². The van der Waals surface area contributed by atoms with Crippen LogP contribution in [0.25, 0.3) is 0 Å². The molecule has 1 unspecified atom stereocenters. The first-order valence-corrected chi connectivity index (χ1v) is 5.97. The largest absolute Gasteiger partial charge is 0.370 e. The van der Waals surface area contributed by atoms with Gasteiger partial charge in [-0.15, -0.1) is 0 Å². The first kappa shape index (κ1) is 12.6. The maximum absolute atomic E-state index is 12.0. The minimum atomic E-state index is -0.826. The maximum Gasteiger partial charge on any atom is 0.240 e. The van der Waals surface area contributed by atoms with E-state index in [4.69, 9.17) is 11.5 Å². The van der Waals surface area contributed by atoms with Crippen LogP contribution in [0.1, 0.15) is 17.5 Å². The van der Waals surface area contributed by atoms with Crippen molar-refractivity contribution in [2.75, 3.05) is 6.54 Å². The molecule has 0 saturated carbocycles. The van der Waals surface area contributed by atoms with E-state index in [-0.39, 0.29) is 12.3 Å². The highest BCUT2D eigenvalue weighted by atomic mass is 16.2. The Kier molecular flexibility index (Phi) is 3.62. The molecule has 0 fully saturated rings. The summed E-state index contributed by atoms with van der Waals surface area (Å²) in [4.78, 5) is 24.5. The van der Waals surface area contributed by atoms with Gasteiger partial charge in [0.1, 0.15) is 0 Å². The van der Waals surface area contributed by atoms with Gasteiger partial charge in [-0.25, -0.2) is 0 Å². The van der Waals surface area contributed by atoms with Crippen LogP contribution >= 0.6 is 0 Å². The van der Waals surface area contributed by atoms with Crippen molar-refractivity contribution in [3.05, 3.63) is 35.4 Å². The predicted octanol–water partition coefficient (Wildman–Crippen LogP) is -0.226. The number of amides is 2. The summed E-state index contributed by atoms with van der Waals surface area (Å²) in [5, 5.41) is 0. The molecule has 1 aliphatic rings. The van der Waals surface area contributed by atoms with E-state index >= 15 is 0 Å².